The first-order valence-electron chi connectivity index (χ1n) is 11.5. The number of esters is 1. The van der Waals surface area contributed by atoms with Crippen LogP contribution in [0.5, 0.6) is 0 Å². The van der Waals surface area contributed by atoms with Crippen molar-refractivity contribution in [1.29, 1.82) is 0 Å². The molecular formula is C23H45BrO2. The number of ether oxygens (including phenoxy) is 1. The van der Waals surface area contributed by atoms with E-state index in [0.717, 1.165) is 6.42 Å². The Hall–Kier alpha value is -0.0500. The lowest BCUT2D eigenvalue weighted by atomic mass is 10.0. The highest BCUT2D eigenvalue weighted by molar-refractivity contribution is 9.10. The Morgan fingerprint density at radius 1 is 0.654 bits per heavy atom. The van der Waals surface area contributed by atoms with Gasteiger partial charge >= 0.3 is 5.97 Å². The summed E-state index contributed by atoms with van der Waals surface area (Å²) in [5.74, 6) is -0.142. The predicted molar refractivity (Wildman–Crippen MR) is 118 cm³/mol. The van der Waals surface area contributed by atoms with Gasteiger partial charge in [-0.05, 0) is 13.3 Å². The molecule has 2 nitrogen and oxygen atoms in total. The Kier molecular flexibility index (Phi) is 21.2. The molecule has 26 heavy (non-hydrogen) atoms. The standard InChI is InChI=1S/C23H45BrO2/c1-3-4-5-6-7-8-9-10-11-12-13-14-15-16-17-18-19-20-21-26-23(25)22(2)24/h22H,3-21H2,1-2H3. The van der Waals surface area contributed by atoms with Gasteiger partial charge in [0.05, 0.1) is 6.61 Å². The molecule has 0 spiro atoms. The van der Waals surface area contributed by atoms with E-state index in [1.165, 1.54) is 109 Å². The molecule has 0 saturated heterocycles. The average molecular weight is 434 g/mol. The van der Waals surface area contributed by atoms with Crippen LogP contribution in [0.1, 0.15) is 129 Å². The van der Waals surface area contributed by atoms with Crippen molar-refractivity contribution in [2.45, 2.75) is 134 Å². The van der Waals surface area contributed by atoms with Crippen LogP contribution in [0.2, 0.25) is 0 Å². The highest BCUT2D eigenvalue weighted by Gasteiger charge is 2.08. The first-order valence-corrected chi connectivity index (χ1v) is 12.4. The number of hydrogen-bond donors (Lipinski definition) is 0. The van der Waals surface area contributed by atoms with Crippen molar-refractivity contribution in [3.8, 4) is 0 Å². The Balaban J connectivity index is 3.04. The molecule has 0 fully saturated rings. The van der Waals surface area contributed by atoms with E-state index in [1.807, 2.05) is 0 Å². The van der Waals surface area contributed by atoms with Crippen molar-refractivity contribution in [1.82, 2.24) is 0 Å². The highest BCUT2D eigenvalue weighted by atomic mass is 79.9. The van der Waals surface area contributed by atoms with Gasteiger partial charge in [-0.25, -0.2) is 0 Å². The quantitative estimate of drug-likeness (QED) is 0.110. The number of alkyl halides is 1. The second-order valence-corrected chi connectivity index (χ2v) is 9.17. The number of carbonyl (C=O) groups excluding carboxylic acids is 1. The normalized spacial score (nSPS) is 12.3. The van der Waals surface area contributed by atoms with Gasteiger partial charge in [0.1, 0.15) is 4.83 Å². The van der Waals surface area contributed by atoms with Crippen LogP contribution in [0.3, 0.4) is 0 Å². The fourth-order valence-corrected chi connectivity index (χ4v) is 3.42. The molecule has 156 valence electrons. The summed E-state index contributed by atoms with van der Waals surface area (Å²) in [5, 5.41) is 0. The molecule has 1 unspecified atom stereocenters. The van der Waals surface area contributed by atoms with Crippen LogP contribution in [-0.2, 0) is 9.53 Å². The van der Waals surface area contributed by atoms with E-state index in [4.69, 9.17) is 4.74 Å². The number of rotatable bonds is 20. The van der Waals surface area contributed by atoms with Crippen LogP contribution in [0.4, 0.5) is 0 Å². The lowest BCUT2D eigenvalue weighted by molar-refractivity contribution is -0.142. The largest absolute Gasteiger partial charge is 0.465 e. The van der Waals surface area contributed by atoms with Gasteiger partial charge in [-0.15, -0.1) is 0 Å². The molecule has 0 radical (unpaired) electrons. The fraction of sp³-hybridized carbons (Fsp3) is 0.957. The third-order valence-corrected chi connectivity index (χ3v) is 5.44. The minimum atomic E-state index is -0.182. The van der Waals surface area contributed by atoms with Crippen molar-refractivity contribution in [3.63, 3.8) is 0 Å². The molecule has 1 atom stereocenters. The maximum absolute atomic E-state index is 11.3. The first-order chi connectivity index (χ1) is 12.7. The van der Waals surface area contributed by atoms with Crippen LogP contribution < -0.4 is 0 Å². The molecule has 0 aromatic carbocycles. The highest BCUT2D eigenvalue weighted by Crippen LogP contribution is 2.14. The Labute approximate surface area is 172 Å². The molecule has 0 amide bonds. The topological polar surface area (TPSA) is 26.3 Å². The second kappa shape index (κ2) is 21.3. The molecular weight excluding hydrogens is 388 g/mol. The predicted octanol–water partition coefficient (Wildman–Crippen LogP) is 8.35. The maximum atomic E-state index is 11.3. The SMILES string of the molecule is CCCCCCCCCCCCCCCCCCCCOC(=O)C(C)Br. The van der Waals surface area contributed by atoms with E-state index < -0.39 is 0 Å². The molecule has 0 N–H and O–H groups in total. The number of unbranched alkanes of at least 4 members (excludes halogenated alkanes) is 17. The van der Waals surface area contributed by atoms with Crippen molar-refractivity contribution >= 4 is 21.9 Å². The Morgan fingerprint density at radius 3 is 1.27 bits per heavy atom. The van der Waals surface area contributed by atoms with E-state index in [1.54, 1.807) is 6.92 Å². The van der Waals surface area contributed by atoms with Crippen LogP contribution in [0.25, 0.3) is 0 Å². The van der Waals surface area contributed by atoms with Gasteiger partial charge in [0.2, 0.25) is 0 Å². The summed E-state index contributed by atoms with van der Waals surface area (Å²) >= 11 is 3.22. The number of hydrogen-bond acceptors (Lipinski definition) is 2. The molecule has 3 heteroatoms. The van der Waals surface area contributed by atoms with Crippen LogP contribution in [0.15, 0.2) is 0 Å². The molecule has 0 aromatic rings. The van der Waals surface area contributed by atoms with E-state index in [0.29, 0.717) is 6.61 Å². The zero-order chi connectivity index (χ0) is 19.3. The maximum Gasteiger partial charge on any atom is 0.319 e. The minimum Gasteiger partial charge on any atom is -0.465 e. The molecule has 0 aromatic heterocycles. The minimum absolute atomic E-state index is 0.142. The van der Waals surface area contributed by atoms with E-state index in [2.05, 4.69) is 22.9 Å². The van der Waals surface area contributed by atoms with Gasteiger partial charge in [-0.2, -0.15) is 0 Å². The molecule has 0 aliphatic rings. The molecule has 0 aliphatic heterocycles. The molecule has 0 rings (SSSR count). The lowest BCUT2D eigenvalue weighted by Crippen LogP contribution is -2.14. The van der Waals surface area contributed by atoms with Gasteiger partial charge < -0.3 is 4.74 Å². The van der Waals surface area contributed by atoms with E-state index >= 15 is 0 Å². The summed E-state index contributed by atoms with van der Waals surface area (Å²) in [6, 6.07) is 0. The zero-order valence-electron chi connectivity index (χ0n) is 17.7. The molecule has 0 saturated carbocycles. The smallest absolute Gasteiger partial charge is 0.319 e. The average Bonchev–Trinajstić information content (AvgIpc) is 2.63. The summed E-state index contributed by atoms with van der Waals surface area (Å²) < 4.78 is 5.15. The van der Waals surface area contributed by atoms with Crippen molar-refractivity contribution in [2.24, 2.45) is 0 Å². The fourth-order valence-electron chi connectivity index (χ4n) is 3.29. The molecule has 0 heterocycles. The Bertz CT molecular complexity index is 292. The van der Waals surface area contributed by atoms with Gasteiger partial charge in [0.15, 0.2) is 0 Å². The zero-order valence-corrected chi connectivity index (χ0v) is 19.3. The third kappa shape index (κ3) is 20.3. The lowest BCUT2D eigenvalue weighted by Gasteiger charge is -2.06. The van der Waals surface area contributed by atoms with Crippen molar-refractivity contribution < 1.29 is 9.53 Å². The Morgan fingerprint density at radius 2 is 0.962 bits per heavy atom. The van der Waals surface area contributed by atoms with Crippen molar-refractivity contribution in [3.05, 3.63) is 0 Å². The monoisotopic (exact) mass is 432 g/mol. The summed E-state index contributed by atoms with van der Waals surface area (Å²) in [7, 11) is 0. The molecule has 0 aliphatic carbocycles. The van der Waals surface area contributed by atoms with Gasteiger partial charge in [-0.1, -0.05) is 132 Å². The summed E-state index contributed by atoms with van der Waals surface area (Å²) in [6.07, 6.45) is 24.8. The second-order valence-electron chi connectivity index (χ2n) is 7.79. The van der Waals surface area contributed by atoms with Crippen molar-refractivity contribution in [2.75, 3.05) is 6.61 Å². The number of halogens is 1. The van der Waals surface area contributed by atoms with E-state index in [-0.39, 0.29) is 10.8 Å². The first kappa shape index (κ1) is 26.0. The third-order valence-electron chi connectivity index (χ3n) is 5.07. The summed E-state index contributed by atoms with van der Waals surface area (Å²) in [6.45, 7) is 4.67. The number of carbonyl (C=O) groups is 1. The van der Waals surface area contributed by atoms with Gasteiger partial charge in [0, 0.05) is 0 Å². The molecule has 0 bridgehead atoms. The van der Waals surface area contributed by atoms with Crippen LogP contribution in [0, 0.1) is 0 Å². The summed E-state index contributed by atoms with van der Waals surface area (Å²) in [4.78, 5) is 11.1. The van der Waals surface area contributed by atoms with E-state index in [9.17, 15) is 4.79 Å². The van der Waals surface area contributed by atoms with Crippen LogP contribution >= 0.6 is 15.9 Å². The summed E-state index contributed by atoms with van der Waals surface area (Å²) in [5.41, 5.74) is 0. The van der Waals surface area contributed by atoms with Gasteiger partial charge in [0.25, 0.3) is 0 Å². The van der Waals surface area contributed by atoms with Crippen LogP contribution in [-0.4, -0.2) is 17.4 Å². The van der Waals surface area contributed by atoms with Gasteiger partial charge in [-0.3, -0.25) is 4.79 Å².